The van der Waals surface area contributed by atoms with Crippen molar-refractivity contribution >= 4 is 82.5 Å². The van der Waals surface area contributed by atoms with Crippen molar-refractivity contribution in [1.82, 2.24) is 0 Å². The van der Waals surface area contributed by atoms with Crippen molar-refractivity contribution in [2.75, 3.05) is 4.90 Å². The molecule has 0 bridgehead atoms. The van der Waals surface area contributed by atoms with Gasteiger partial charge in [-0.15, -0.1) is 0 Å². The Kier molecular flexibility index (Phi) is 7.90. The van der Waals surface area contributed by atoms with E-state index in [0.717, 1.165) is 93.6 Å². The second-order valence-electron chi connectivity index (χ2n) is 17.5. The van der Waals surface area contributed by atoms with Gasteiger partial charge in [0.2, 0.25) is 0 Å². The van der Waals surface area contributed by atoms with E-state index in [2.05, 4.69) is 241 Å². The molecule has 2 aromatic heterocycles. The molecule has 66 heavy (non-hydrogen) atoms. The monoisotopic (exact) mass is 841 g/mol. The molecule has 0 amide bonds. The Morgan fingerprint density at radius 3 is 1.53 bits per heavy atom. The highest BCUT2D eigenvalue weighted by Gasteiger charge is 2.46. The van der Waals surface area contributed by atoms with Gasteiger partial charge in [-0.05, 0) is 92.2 Å². The molecule has 3 heteroatoms. The second-order valence-corrected chi connectivity index (χ2v) is 17.5. The average Bonchev–Trinajstić information content (AvgIpc) is 4.06. The number of rotatable bonds is 6. The maximum absolute atomic E-state index is 7.13. The molecule has 2 heterocycles. The van der Waals surface area contributed by atoms with Gasteiger partial charge in [0.15, 0.2) is 5.58 Å². The predicted octanol–water partition coefficient (Wildman–Crippen LogP) is 17.3. The lowest BCUT2D eigenvalue weighted by Crippen LogP contribution is -2.28. The molecule has 11 aromatic carbocycles. The van der Waals surface area contributed by atoms with E-state index in [1.165, 1.54) is 33.4 Å². The summed E-state index contributed by atoms with van der Waals surface area (Å²) in [4.78, 5) is 2.40. The number of nitrogens with zero attached hydrogens (tertiary/aromatic N) is 1. The van der Waals surface area contributed by atoms with Crippen LogP contribution in [0, 0.1) is 0 Å². The van der Waals surface area contributed by atoms with E-state index in [0.29, 0.717) is 0 Å². The van der Waals surface area contributed by atoms with Gasteiger partial charge in [0.05, 0.1) is 11.1 Å². The standard InChI is InChI=1S/C63H39NO2/c1-3-19-43(20-4-1)63(44-21-5-2-6-22-44)56-30-12-11-26-50(56)51-37-34-46(39-57(51)63)64(58-31-15-29-53-55-36-33-41-17-8-10-25-48(41)60(55)66-62(53)58)45-23-13-18-42(38-45)49-27-14-28-52-54-35-32-40-16-7-9-24-47(40)59(54)65-61(49)52/h1-39H. The van der Waals surface area contributed by atoms with Gasteiger partial charge in [-0.25, -0.2) is 0 Å². The van der Waals surface area contributed by atoms with Crippen molar-refractivity contribution in [3.8, 4) is 22.3 Å². The molecule has 0 fully saturated rings. The molecular formula is C63H39NO2. The summed E-state index contributed by atoms with van der Waals surface area (Å²) in [6, 6.07) is 85.7. The smallest absolute Gasteiger partial charge is 0.159 e. The van der Waals surface area contributed by atoms with E-state index in [1.54, 1.807) is 0 Å². The summed E-state index contributed by atoms with van der Waals surface area (Å²) in [6.07, 6.45) is 0. The minimum absolute atomic E-state index is 0.566. The summed E-state index contributed by atoms with van der Waals surface area (Å²) < 4.78 is 14.0. The number of furan rings is 2. The number of hydrogen-bond donors (Lipinski definition) is 0. The van der Waals surface area contributed by atoms with Crippen LogP contribution in [0.25, 0.3) is 87.7 Å². The number of benzene rings is 11. The Balaban J connectivity index is 1.04. The normalized spacial score (nSPS) is 13.0. The van der Waals surface area contributed by atoms with Crippen molar-refractivity contribution < 1.29 is 8.83 Å². The Labute approximate surface area is 381 Å². The summed E-state index contributed by atoms with van der Waals surface area (Å²) in [5.74, 6) is 0. The van der Waals surface area contributed by atoms with E-state index in [9.17, 15) is 0 Å². The molecule has 0 atom stereocenters. The molecule has 0 N–H and O–H groups in total. The van der Waals surface area contributed by atoms with E-state index >= 15 is 0 Å². The third-order valence-electron chi connectivity index (χ3n) is 14.1. The minimum Gasteiger partial charge on any atom is -0.455 e. The van der Waals surface area contributed by atoms with E-state index < -0.39 is 5.41 Å². The highest BCUT2D eigenvalue weighted by molar-refractivity contribution is 6.19. The summed E-state index contributed by atoms with van der Waals surface area (Å²) in [6.45, 7) is 0. The molecule has 0 unspecified atom stereocenters. The molecule has 13 aromatic rings. The Morgan fingerprint density at radius 1 is 0.303 bits per heavy atom. The fraction of sp³-hybridized carbons (Fsp3) is 0.0159. The zero-order valence-corrected chi connectivity index (χ0v) is 35.8. The lowest BCUT2D eigenvalue weighted by molar-refractivity contribution is 0.672. The van der Waals surface area contributed by atoms with Gasteiger partial charge in [0.1, 0.15) is 16.7 Å². The first-order valence-corrected chi connectivity index (χ1v) is 22.7. The van der Waals surface area contributed by atoms with Crippen molar-refractivity contribution in [3.05, 3.63) is 259 Å². The van der Waals surface area contributed by atoms with Gasteiger partial charge >= 0.3 is 0 Å². The topological polar surface area (TPSA) is 29.5 Å². The second kappa shape index (κ2) is 14.2. The zero-order valence-electron chi connectivity index (χ0n) is 35.8. The van der Waals surface area contributed by atoms with Crippen molar-refractivity contribution in [1.29, 1.82) is 0 Å². The highest BCUT2D eigenvalue weighted by atomic mass is 16.3. The SMILES string of the molecule is c1ccc(C2(c3ccccc3)c3ccccc3-c3ccc(N(c4cccc(-c5cccc6c5oc5c7ccccc7ccc65)c4)c4cccc5c4oc4c6ccccc6ccc54)cc32)cc1. The maximum atomic E-state index is 7.13. The number of hydrogen-bond acceptors (Lipinski definition) is 3. The third-order valence-corrected chi connectivity index (χ3v) is 14.1. The Hall–Kier alpha value is -8.66. The highest BCUT2D eigenvalue weighted by Crippen LogP contribution is 2.57. The summed E-state index contributed by atoms with van der Waals surface area (Å²) in [5.41, 5.74) is 15.5. The van der Waals surface area contributed by atoms with Gasteiger partial charge in [0, 0.05) is 49.3 Å². The van der Waals surface area contributed by atoms with Crippen LogP contribution in [0.5, 0.6) is 0 Å². The van der Waals surface area contributed by atoms with Crippen LogP contribution in [0.3, 0.4) is 0 Å². The van der Waals surface area contributed by atoms with Gasteiger partial charge < -0.3 is 13.7 Å². The number of anilines is 3. The van der Waals surface area contributed by atoms with Crippen LogP contribution in [0.15, 0.2) is 245 Å². The number of para-hydroxylation sites is 2. The van der Waals surface area contributed by atoms with Crippen LogP contribution in [-0.2, 0) is 5.41 Å². The third kappa shape index (κ3) is 5.20. The quantitative estimate of drug-likeness (QED) is 0.167. The maximum Gasteiger partial charge on any atom is 0.159 e. The molecule has 1 aliphatic rings. The van der Waals surface area contributed by atoms with Crippen molar-refractivity contribution in [2.24, 2.45) is 0 Å². The van der Waals surface area contributed by atoms with Crippen LogP contribution in [-0.4, -0.2) is 0 Å². The summed E-state index contributed by atoms with van der Waals surface area (Å²) in [5, 5.41) is 8.92. The molecule has 0 spiro atoms. The predicted molar refractivity (Wildman–Crippen MR) is 273 cm³/mol. The molecule has 0 saturated heterocycles. The van der Waals surface area contributed by atoms with Crippen molar-refractivity contribution in [2.45, 2.75) is 5.41 Å². The van der Waals surface area contributed by atoms with Gasteiger partial charge in [-0.3, -0.25) is 0 Å². The lowest BCUT2D eigenvalue weighted by atomic mass is 9.67. The fourth-order valence-corrected chi connectivity index (χ4v) is 11.3. The summed E-state index contributed by atoms with van der Waals surface area (Å²) >= 11 is 0. The largest absolute Gasteiger partial charge is 0.455 e. The van der Waals surface area contributed by atoms with Crippen LogP contribution < -0.4 is 4.90 Å². The van der Waals surface area contributed by atoms with E-state index in [1.807, 2.05) is 0 Å². The molecule has 3 nitrogen and oxygen atoms in total. The minimum atomic E-state index is -0.566. The first kappa shape index (κ1) is 36.8. The molecular weight excluding hydrogens is 803 g/mol. The molecule has 14 rings (SSSR count). The first-order chi connectivity index (χ1) is 32.7. The molecule has 0 radical (unpaired) electrons. The lowest BCUT2D eigenvalue weighted by Gasteiger charge is -2.35. The first-order valence-electron chi connectivity index (χ1n) is 22.7. The van der Waals surface area contributed by atoms with Gasteiger partial charge in [0.25, 0.3) is 0 Å². The van der Waals surface area contributed by atoms with Crippen molar-refractivity contribution in [3.63, 3.8) is 0 Å². The fourth-order valence-electron chi connectivity index (χ4n) is 11.3. The zero-order chi connectivity index (χ0) is 43.3. The molecule has 0 aliphatic heterocycles. The molecule has 1 aliphatic carbocycles. The van der Waals surface area contributed by atoms with Gasteiger partial charge in [-0.2, -0.15) is 0 Å². The average molecular weight is 842 g/mol. The molecule has 308 valence electrons. The Morgan fingerprint density at radius 2 is 0.818 bits per heavy atom. The summed E-state index contributed by atoms with van der Waals surface area (Å²) in [7, 11) is 0. The van der Waals surface area contributed by atoms with Gasteiger partial charge in [-0.1, -0.05) is 194 Å². The Bertz CT molecular complexity index is 4030. The van der Waals surface area contributed by atoms with E-state index in [4.69, 9.17) is 8.83 Å². The van der Waals surface area contributed by atoms with E-state index in [-0.39, 0.29) is 0 Å². The van der Waals surface area contributed by atoms with Crippen LogP contribution in [0.1, 0.15) is 22.3 Å². The van der Waals surface area contributed by atoms with Crippen LogP contribution in [0.2, 0.25) is 0 Å². The van der Waals surface area contributed by atoms with Crippen LogP contribution in [0.4, 0.5) is 17.1 Å². The molecule has 0 saturated carbocycles. The van der Waals surface area contributed by atoms with Crippen LogP contribution >= 0.6 is 0 Å². The number of fused-ring (bicyclic) bond motifs is 13.